The van der Waals surface area contributed by atoms with E-state index < -0.39 is 12.2 Å². The Hall–Kier alpha value is -3.73. The van der Waals surface area contributed by atoms with Gasteiger partial charge in [-0.3, -0.25) is 4.79 Å². The zero-order valence-electron chi connectivity index (χ0n) is 14.9. The van der Waals surface area contributed by atoms with E-state index in [1.165, 1.54) is 12.5 Å². The van der Waals surface area contributed by atoms with Crippen LogP contribution in [0.1, 0.15) is 11.1 Å². The van der Waals surface area contributed by atoms with Crippen molar-refractivity contribution in [1.82, 2.24) is 0 Å². The van der Waals surface area contributed by atoms with Crippen molar-refractivity contribution < 1.29 is 24.5 Å². The predicted molar refractivity (Wildman–Crippen MR) is 105 cm³/mol. The summed E-state index contributed by atoms with van der Waals surface area (Å²) in [6.07, 6.45) is 8.44. The molecule has 2 aromatic carbocycles. The van der Waals surface area contributed by atoms with Crippen molar-refractivity contribution in [2.45, 2.75) is 12.2 Å². The van der Waals surface area contributed by atoms with E-state index in [2.05, 4.69) is 0 Å². The summed E-state index contributed by atoms with van der Waals surface area (Å²) in [6, 6.07) is 13.5. The van der Waals surface area contributed by atoms with Gasteiger partial charge >= 0.3 is 0 Å². The number of phenolic OH excluding ortho intramolecular Hbond substituents is 2. The zero-order valence-corrected chi connectivity index (χ0v) is 14.9. The molecule has 0 spiro atoms. The molecule has 5 heteroatoms. The highest BCUT2D eigenvalue weighted by atomic mass is 16.5. The molecule has 0 bridgehead atoms. The van der Waals surface area contributed by atoms with Crippen LogP contribution in [0.3, 0.4) is 0 Å². The second-order valence-corrected chi connectivity index (χ2v) is 6.52. The molecular weight excluding hydrogens is 356 g/mol. The van der Waals surface area contributed by atoms with Crippen LogP contribution in [0.25, 0.3) is 12.2 Å². The van der Waals surface area contributed by atoms with E-state index >= 15 is 0 Å². The number of phenols is 2. The van der Waals surface area contributed by atoms with Gasteiger partial charge in [-0.25, -0.2) is 0 Å². The van der Waals surface area contributed by atoms with Gasteiger partial charge in [-0.05, 0) is 59.7 Å². The van der Waals surface area contributed by atoms with Crippen LogP contribution in [0, 0.1) is 0 Å². The molecule has 28 heavy (non-hydrogen) atoms. The van der Waals surface area contributed by atoms with Gasteiger partial charge in [0.05, 0.1) is 12.5 Å². The van der Waals surface area contributed by atoms with Crippen LogP contribution < -0.4 is 0 Å². The Kier molecular flexibility index (Phi) is 4.72. The highest BCUT2D eigenvalue weighted by Gasteiger charge is 2.36. The number of ether oxygens (including phenoxy) is 2. The Morgan fingerprint density at radius 1 is 0.786 bits per heavy atom. The largest absolute Gasteiger partial charge is 0.508 e. The molecule has 2 heterocycles. The summed E-state index contributed by atoms with van der Waals surface area (Å²) in [6.45, 7) is 0. The van der Waals surface area contributed by atoms with Crippen LogP contribution >= 0.6 is 0 Å². The number of ketones is 1. The van der Waals surface area contributed by atoms with Crippen LogP contribution in [0.15, 0.2) is 84.4 Å². The molecule has 0 amide bonds. The normalized spacial score (nSPS) is 23.1. The van der Waals surface area contributed by atoms with Crippen LogP contribution in [0.2, 0.25) is 0 Å². The second-order valence-electron chi connectivity index (χ2n) is 6.52. The average molecular weight is 374 g/mol. The minimum atomic E-state index is -0.792. The maximum Gasteiger partial charge on any atom is 0.222 e. The van der Waals surface area contributed by atoms with E-state index in [4.69, 9.17) is 9.47 Å². The maximum atomic E-state index is 13.1. The van der Waals surface area contributed by atoms with Gasteiger partial charge in [0.2, 0.25) is 5.78 Å². The van der Waals surface area contributed by atoms with E-state index in [-0.39, 0.29) is 17.3 Å². The number of carbonyl (C=O) groups excluding carboxylic acids is 1. The van der Waals surface area contributed by atoms with Crippen molar-refractivity contribution in [2.24, 2.45) is 0 Å². The van der Waals surface area contributed by atoms with Crippen molar-refractivity contribution in [3.63, 3.8) is 0 Å². The first-order valence-corrected chi connectivity index (χ1v) is 8.79. The Labute approximate surface area is 162 Å². The Morgan fingerprint density at radius 2 is 1.25 bits per heavy atom. The molecule has 2 aliphatic heterocycles. The molecule has 0 fully saturated rings. The molecule has 2 atom stereocenters. The summed E-state index contributed by atoms with van der Waals surface area (Å²) in [4.78, 5) is 13.1. The van der Waals surface area contributed by atoms with Crippen LogP contribution in [0.5, 0.6) is 11.5 Å². The van der Waals surface area contributed by atoms with Crippen molar-refractivity contribution in [3.8, 4) is 11.5 Å². The van der Waals surface area contributed by atoms with Gasteiger partial charge in [-0.15, -0.1) is 0 Å². The number of Topliss-reactive ketones (excluding diaryl/α,β-unsaturated/α-hetero) is 1. The third kappa shape index (κ3) is 3.69. The number of rotatable bonds is 4. The van der Waals surface area contributed by atoms with Gasteiger partial charge in [0.25, 0.3) is 0 Å². The standard InChI is InChI=1S/C23H18O5/c24-19-5-1-3-15(13-19)11-17-7-9-27-22(17)21(26)23-18(8-10-28-23)12-16-4-2-6-20(25)14-16/h1-14,22-25H. The molecule has 0 saturated carbocycles. The Bertz CT molecular complexity index is 947. The second kappa shape index (κ2) is 7.48. The lowest BCUT2D eigenvalue weighted by molar-refractivity contribution is -0.131. The molecule has 2 N–H and O–H groups in total. The molecule has 140 valence electrons. The minimum Gasteiger partial charge on any atom is -0.508 e. The Morgan fingerprint density at radius 3 is 1.68 bits per heavy atom. The molecule has 0 radical (unpaired) electrons. The van der Waals surface area contributed by atoms with Gasteiger partial charge in [0.1, 0.15) is 11.5 Å². The predicted octanol–water partition coefficient (Wildman–Crippen LogP) is 3.96. The minimum absolute atomic E-state index is 0.153. The highest BCUT2D eigenvalue weighted by molar-refractivity contribution is 5.96. The molecule has 0 saturated heterocycles. The van der Waals surface area contributed by atoms with Crippen LogP contribution in [0.4, 0.5) is 0 Å². The van der Waals surface area contributed by atoms with Gasteiger partial charge in [0.15, 0.2) is 12.2 Å². The van der Waals surface area contributed by atoms with Crippen LogP contribution in [-0.4, -0.2) is 28.2 Å². The number of hydrogen-bond acceptors (Lipinski definition) is 5. The van der Waals surface area contributed by atoms with E-state index in [1.54, 1.807) is 60.7 Å². The van der Waals surface area contributed by atoms with E-state index in [0.717, 1.165) is 11.1 Å². The molecule has 0 aliphatic carbocycles. The zero-order chi connectivity index (χ0) is 19.5. The van der Waals surface area contributed by atoms with Crippen molar-refractivity contribution in [3.05, 3.63) is 95.5 Å². The number of hydrogen-bond donors (Lipinski definition) is 2. The molecule has 2 aromatic rings. The lowest BCUT2D eigenvalue weighted by Gasteiger charge is -2.17. The van der Waals surface area contributed by atoms with Gasteiger partial charge in [0, 0.05) is 11.1 Å². The third-order valence-corrected chi connectivity index (χ3v) is 4.48. The molecule has 0 aromatic heterocycles. The highest BCUT2D eigenvalue weighted by Crippen LogP contribution is 2.29. The SMILES string of the molecule is O=C(C1OC=CC1=Cc1cccc(O)c1)C1OC=CC1=Cc1cccc(O)c1. The molecule has 4 rings (SSSR count). The fourth-order valence-corrected chi connectivity index (χ4v) is 3.19. The lowest BCUT2D eigenvalue weighted by Crippen LogP contribution is -2.33. The first-order chi connectivity index (χ1) is 13.6. The monoisotopic (exact) mass is 374 g/mol. The average Bonchev–Trinajstić information content (AvgIpc) is 3.31. The summed E-state index contributed by atoms with van der Waals surface area (Å²) >= 11 is 0. The molecule has 5 nitrogen and oxygen atoms in total. The number of benzene rings is 2. The maximum absolute atomic E-state index is 13.1. The fraction of sp³-hybridized carbons (Fsp3) is 0.0870. The third-order valence-electron chi connectivity index (χ3n) is 4.48. The van der Waals surface area contributed by atoms with Crippen LogP contribution in [-0.2, 0) is 14.3 Å². The van der Waals surface area contributed by atoms with Crippen molar-refractivity contribution >= 4 is 17.9 Å². The smallest absolute Gasteiger partial charge is 0.222 e. The first kappa shape index (κ1) is 17.7. The number of carbonyl (C=O) groups is 1. The summed E-state index contributed by atoms with van der Waals surface area (Å²) in [5.74, 6) is 0.0763. The summed E-state index contributed by atoms with van der Waals surface area (Å²) in [7, 11) is 0. The molecule has 2 unspecified atom stereocenters. The topological polar surface area (TPSA) is 76.0 Å². The quantitative estimate of drug-likeness (QED) is 0.847. The number of aromatic hydroxyl groups is 2. The fourth-order valence-electron chi connectivity index (χ4n) is 3.19. The first-order valence-electron chi connectivity index (χ1n) is 8.79. The summed E-state index contributed by atoms with van der Waals surface area (Å²) in [5, 5.41) is 19.3. The van der Waals surface area contributed by atoms with Crippen molar-refractivity contribution in [1.29, 1.82) is 0 Å². The van der Waals surface area contributed by atoms with Gasteiger partial charge in [-0.2, -0.15) is 0 Å². The molecular formula is C23H18O5. The van der Waals surface area contributed by atoms with Gasteiger partial charge < -0.3 is 19.7 Å². The summed E-state index contributed by atoms with van der Waals surface area (Å²) < 4.78 is 11.0. The van der Waals surface area contributed by atoms with E-state index in [9.17, 15) is 15.0 Å². The van der Waals surface area contributed by atoms with E-state index in [0.29, 0.717) is 11.1 Å². The summed E-state index contributed by atoms with van der Waals surface area (Å²) in [5.41, 5.74) is 2.90. The Balaban J connectivity index is 1.58. The lowest BCUT2D eigenvalue weighted by atomic mass is 9.96. The molecule has 2 aliphatic rings. The van der Waals surface area contributed by atoms with Crippen molar-refractivity contribution in [2.75, 3.05) is 0 Å². The van der Waals surface area contributed by atoms with Gasteiger partial charge in [-0.1, -0.05) is 24.3 Å². The van der Waals surface area contributed by atoms with E-state index in [1.807, 2.05) is 12.1 Å².